The molecule has 8 fully saturated rings. The highest BCUT2D eigenvalue weighted by molar-refractivity contribution is 4.87. The van der Waals surface area contributed by atoms with Crippen LogP contribution in [0.4, 0.5) is 0 Å². The summed E-state index contributed by atoms with van der Waals surface area (Å²) in [5.74, 6) is 15.5. The van der Waals surface area contributed by atoms with Crippen molar-refractivity contribution in [3.8, 4) is 0 Å². The van der Waals surface area contributed by atoms with Crippen LogP contribution in [0.25, 0.3) is 0 Å². The molecule has 0 aromatic carbocycles. The van der Waals surface area contributed by atoms with Gasteiger partial charge in [0.15, 0.2) is 0 Å². The molecule has 1 heteroatoms. The Morgan fingerprint density at radius 2 is 0.460 bits per heavy atom. The standard InChI is InChI=1S/C18H30.C16H28.C14H26O.C14H26/c1-3-5-15-7-11-17(12-8-15)18-13-9-16(6-4-2)10-14-18;1-3-4-14-7-11-16(12-8-14)15-9-5-13(2)6-10-15;1-11-3-5-12(6-4-11)13-7-9-14(15-2)10-8-13;1-11-3-7-13(8-4-11)14-9-5-12(2)6-10-14/h3-4,15-18H,1-2,5-14H2;3,13-16H,1,4-12H2,2H3;11-14H,3-10H2,1-2H3;11-14H,3-10H2,1-2H3. The Hall–Kier alpha value is -0.820. The summed E-state index contributed by atoms with van der Waals surface area (Å²) in [4.78, 5) is 0. The molecule has 0 radical (unpaired) electrons. The Kier molecular flexibility index (Phi) is 25.2. The molecule has 0 saturated heterocycles. The molecule has 8 rings (SSSR count). The Bertz CT molecular complexity index is 1110. The lowest BCUT2D eigenvalue weighted by Crippen LogP contribution is -2.27. The summed E-state index contributed by atoms with van der Waals surface area (Å²) in [6.45, 7) is 21.3. The third-order valence-corrected chi connectivity index (χ3v) is 20.1. The number of hydrogen-bond donors (Lipinski definition) is 0. The van der Waals surface area contributed by atoms with Gasteiger partial charge in [0, 0.05) is 7.11 Å². The van der Waals surface area contributed by atoms with Crippen LogP contribution in [0.15, 0.2) is 38.0 Å². The number of hydrogen-bond acceptors (Lipinski definition) is 1. The molecule has 0 N–H and O–H groups in total. The second-order valence-corrected chi connectivity index (χ2v) is 24.8. The van der Waals surface area contributed by atoms with E-state index in [2.05, 4.69) is 65.7 Å². The largest absolute Gasteiger partial charge is 0.381 e. The first kappa shape index (κ1) is 53.1. The fourth-order valence-electron chi connectivity index (χ4n) is 15.2. The third-order valence-electron chi connectivity index (χ3n) is 20.1. The summed E-state index contributed by atoms with van der Waals surface area (Å²) in [6, 6.07) is 0. The Balaban J connectivity index is 0.000000159. The highest BCUT2D eigenvalue weighted by Crippen LogP contribution is 2.45. The van der Waals surface area contributed by atoms with E-state index >= 15 is 0 Å². The molecule has 8 aliphatic carbocycles. The van der Waals surface area contributed by atoms with Crippen molar-refractivity contribution in [1.29, 1.82) is 0 Å². The van der Waals surface area contributed by atoms with E-state index < -0.39 is 0 Å². The minimum Gasteiger partial charge on any atom is -0.381 e. The van der Waals surface area contributed by atoms with Gasteiger partial charge in [0.25, 0.3) is 0 Å². The molecule has 0 aromatic rings. The zero-order valence-electron chi connectivity index (χ0n) is 43.2. The van der Waals surface area contributed by atoms with E-state index in [1.807, 2.05) is 7.11 Å². The zero-order chi connectivity index (χ0) is 44.8. The maximum absolute atomic E-state index is 5.44. The van der Waals surface area contributed by atoms with Gasteiger partial charge in [-0.2, -0.15) is 0 Å². The predicted octanol–water partition coefficient (Wildman–Crippen LogP) is 19.6. The summed E-state index contributed by atoms with van der Waals surface area (Å²) in [5, 5.41) is 0. The Morgan fingerprint density at radius 1 is 0.286 bits per heavy atom. The molecule has 0 amide bonds. The first-order valence-electron chi connectivity index (χ1n) is 29.0. The molecule has 0 heterocycles. The SMILES string of the molecule is C=CCC1CCC(C2CCC(C)CC2)CC1.C=CCC1CCC(C2CCC(CC=C)CC2)CC1.CC1CCC(C2CCC(C)CC2)CC1.COC1CCC(C2CCC(C)CC2)CC1. The fourth-order valence-corrected chi connectivity index (χ4v) is 15.2. The van der Waals surface area contributed by atoms with Crippen molar-refractivity contribution in [2.75, 3.05) is 7.11 Å². The van der Waals surface area contributed by atoms with Crippen molar-refractivity contribution in [3.05, 3.63) is 38.0 Å². The van der Waals surface area contributed by atoms with E-state index in [9.17, 15) is 0 Å². The van der Waals surface area contributed by atoms with Crippen LogP contribution in [0.2, 0.25) is 0 Å². The van der Waals surface area contributed by atoms with E-state index in [4.69, 9.17) is 4.74 Å². The normalized spacial score (nSPS) is 41.1. The molecule has 364 valence electrons. The molecule has 63 heavy (non-hydrogen) atoms. The highest BCUT2D eigenvalue weighted by Gasteiger charge is 2.33. The van der Waals surface area contributed by atoms with E-state index in [0.717, 1.165) is 88.8 Å². The molecule has 0 aliphatic heterocycles. The van der Waals surface area contributed by atoms with Gasteiger partial charge in [-0.05, 0) is 262 Å². The fraction of sp³-hybridized carbons (Fsp3) is 0.903. The molecule has 8 aliphatic rings. The lowest BCUT2D eigenvalue weighted by Gasteiger charge is -2.37. The first-order valence-corrected chi connectivity index (χ1v) is 29.0. The lowest BCUT2D eigenvalue weighted by molar-refractivity contribution is 0.0399. The van der Waals surface area contributed by atoms with Crippen LogP contribution in [0, 0.1) is 88.8 Å². The van der Waals surface area contributed by atoms with Crippen molar-refractivity contribution < 1.29 is 4.74 Å². The number of ether oxygens (including phenoxy) is 1. The van der Waals surface area contributed by atoms with Crippen LogP contribution in [0.1, 0.15) is 252 Å². The number of methoxy groups -OCH3 is 1. The van der Waals surface area contributed by atoms with E-state index in [-0.39, 0.29) is 0 Å². The van der Waals surface area contributed by atoms with Gasteiger partial charge in [0.05, 0.1) is 6.10 Å². The van der Waals surface area contributed by atoms with Crippen LogP contribution < -0.4 is 0 Å². The Labute approximate surface area is 395 Å². The van der Waals surface area contributed by atoms with E-state index in [1.165, 1.54) is 199 Å². The summed E-state index contributed by atoms with van der Waals surface area (Å²) >= 11 is 0. The molecular weight excluding hydrogens is 761 g/mol. The average molecular weight is 872 g/mol. The number of rotatable bonds is 11. The molecule has 8 saturated carbocycles. The zero-order valence-corrected chi connectivity index (χ0v) is 43.2. The maximum atomic E-state index is 5.44. The van der Waals surface area contributed by atoms with Crippen molar-refractivity contribution in [2.24, 2.45) is 88.8 Å². The van der Waals surface area contributed by atoms with Gasteiger partial charge in [-0.25, -0.2) is 0 Å². The maximum Gasteiger partial charge on any atom is 0.0571 e. The average Bonchev–Trinajstić information content (AvgIpc) is 3.32. The molecule has 0 aromatic heterocycles. The van der Waals surface area contributed by atoms with Crippen LogP contribution in [-0.2, 0) is 4.74 Å². The molecule has 0 atom stereocenters. The van der Waals surface area contributed by atoms with Crippen LogP contribution in [0.5, 0.6) is 0 Å². The van der Waals surface area contributed by atoms with Crippen molar-refractivity contribution in [2.45, 2.75) is 259 Å². The predicted molar refractivity (Wildman–Crippen MR) is 278 cm³/mol. The molecular formula is C62H110O. The monoisotopic (exact) mass is 871 g/mol. The molecule has 0 spiro atoms. The minimum atomic E-state index is 0.573. The molecule has 0 bridgehead atoms. The van der Waals surface area contributed by atoms with Crippen LogP contribution in [0.3, 0.4) is 0 Å². The summed E-state index contributed by atoms with van der Waals surface area (Å²) < 4.78 is 5.44. The quantitative estimate of drug-likeness (QED) is 0.188. The molecule has 0 unspecified atom stereocenters. The van der Waals surface area contributed by atoms with Gasteiger partial charge in [-0.15, -0.1) is 19.7 Å². The van der Waals surface area contributed by atoms with Gasteiger partial charge >= 0.3 is 0 Å². The lowest BCUT2D eigenvalue weighted by atomic mass is 9.68. The second kappa shape index (κ2) is 29.8. The van der Waals surface area contributed by atoms with Crippen molar-refractivity contribution in [3.63, 3.8) is 0 Å². The van der Waals surface area contributed by atoms with Crippen molar-refractivity contribution >= 4 is 0 Å². The Morgan fingerprint density at radius 3 is 0.635 bits per heavy atom. The second-order valence-electron chi connectivity index (χ2n) is 24.8. The number of allylic oxidation sites excluding steroid dienone is 3. The van der Waals surface area contributed by atoms with Gasteiger partial charge in [0.1, 0.15) is 0 Å². The van der Waals surface area contributed by atoms with Gasteiger partial charge in [-0.1, -0.05) is 97.3 Å². The molecule has 1 nitrogen and oxygen atoms in total. The van der Waals surface area contributed by atoms with E-state index in [0.29, 0.717) is 6.10 Å². The van der Waals surface area contributed by atoms with Gasteiger partial charge in [0.2, 0.25) is 0 Å². The summed E-state index contributed by atoms with van der Waals surface area (Å²) in [6.07, 6.45) is 58.2. The third kappa shape index (κ3) is 19.0. The van der Waals surface area contributed by atoms with Crippen molar-refractivity contribution in [1.82, 2.24) is 0 Å². The smallest absolute Gasteiger partial charge is 0.0571 e. The van der Waals surface area contributed by atoms with Gasteiger partial charge in [-0.3, -0.25) is 0 Å². The highest BCUT2D eigenvalue weighted by atomic mass is 16.5. The van der Waals surface area contributed by atoms with Crippen LogP contribution >= 0.6 is 0 Å². The first-order chi connectivity index (χ1) is 30.7. The minimum absolute atomic E-state index is 0.573. The van der Waals surface area contributed by atoms with E-state index in [1.54, 1.807) is 25.7 Å². The topological polar surface area (TPSA) is 9.23 Å². The summed E-state index contributed by atoms with van der Waals surface area (Å²) in [7, 11) is 1.87. The summed E-state index contributed by atoms with van der Waals surface area (Å²) in [5.41, 5.74) is 0. The van der Waals surface area contributed by atoms with Crippen LogP contribution in [-0.4, -0.2) is 13.2 Å². The van der Waals surface area contributed by atoms with Gasteiger partial charge < -0.3 is 4.74 Å².